The lowest BCUT2D eigenvalue weighted by Crippen LogP contribution is -2.26. The Bertz CT molecular complexity index is 801. The first-order chi connectivity index (χ1) is 11.6. The Balaban J connectivity index is 1.71. The van der Waals surface area contributed by atoms with Gasteiger partial charge in [-0.05, 0) is 46.6 Å². The van der Waals surface area contributed by atoms with Crippen LogP contribution in [0.4, 0.5) is 5.69 Å². The predicted octanol–water partition coefficient (Wildman–Crippen LogP) is 3.68. The number of benzene rings is 1. The summed E-state index contributed by atoms with van der Waals surface area (Å²) in [6, 6.07) is 10.3. The highest BCUT2D eigenvalue weighted by Gasteiger charge is 2.26. The van der Waals surface area contributed by atoms with Gasteiger partial charge >= 0.3 is 5.97 Å². The molecule has 1 aliphatic heterocycles. The van der Waals surface area contributed by atoms with Gasteiger partial charge in [0.2, 0.25) is 11.7 Å². The summed E-state index contributed by atoms with van der Waals surface area (Å²) in [5.41, 5.74) is 0.837. The van der Waals surface area contributed by atoms with Crippen LogP contribution in [0.25, 0.3) is 0 Å². The zero-order chi connectivity index (χ0) is 17.1. The molecule has 24 heavy (non-hydrogen) atoms. The number of rotatable bonds is 5. The first-order valence-electron chi connectivity index (χ1n) is 7.41. The van der Waals surface area contributed by atoms with E-state index in [1.54, 1.807) is 41.3 Å². The second-order valence-electron chi connectivity index (χ2n) is 5.27. The largest absolute Gasteiger partial charge is 0.454 e. The number of carbonyl (C=O) groups excluding carboxylic acids is 3. The van der Waals surface area contributed by atoms with Crippen LogP contribution >= 0.6 is 27.3 Å². The number of anilines is 1. The third kappa shape index (κ3) is 3.57. The average molecular weight is 408 g/mol. The first kappa shape index (κ1) is 16.9. The number of Topliss-reactive ketones (excluding diaryl/α,β-unsaturated/α-hetero) is 1. The molecule has 3 rings (SSSR count). The molecule has 2 aromatic rings. The van der Waals surface area contributed by atoms with Crippen LogP contribution in [0.15, 0.2) is 40.2 Å². The van der Waals surface area contributed by atoms with E-state index in [4.69, 9.17) is 4.74 Å². The minimum atomic E-state index is -0.603. The fourth-order valence-electron chi connectivity index (χ4n) is 2.53. The topological polar surface area (TPSA) is 63.7 Å². The van der Waals surface area contributed by atoms with Crippen LogP contribution in [0.3, 0.4) is 0 Å². The molecule has 1 fully saturated rings. The zero-order valence-electron chi connectivity index (χ0n) is 12.7. The van der Waals surface area contributed by atoms with Crippen LogP contribution in [-0.4, -0.2) is 30.8 Å². The molecule has 1 amide bonds. The molecule has 5 nitrogen and oxygen atoms in total. The van der Waals surface area contributed by atoms with Crippen molar-refractivity contribution in [1.29, 1.82) is 0 Å². The molecule has 1 aromatic heterocycles. The number of hydrogen-bond acceptors (Lipinski definition) is 5. The molecule has 0 spiro atoms. The summed E-state index contributed by atoms with van der Waals surface area (Å²) in [5.74, 6) is -0.863. The summed E-state index contributed by atoms with van der Waals surface area (Å²) in [6.45, 7) is 0.263. The van der Waals surface area contributed by atoms with E-state index < -0.39 is 5.97 Å². The molecule has 0 radical (unpaired) electrons. The second-order valence-corrected chi connectivity index (χ2v) is 7.73. The van der Waals surface area contributed by atoms with E-state index in [0.29, 0.717) is 29.1 Å². The van der Waals surface area contributed by atoms with Gasteiger partial charge in [0, 0.05) is 13.0 Å². The maximum Gasteiger partial charge on any atom is 0.340 e. The Morgan fingerprint density at radius 1 is 1.21 bits per heavy atom. The van der Waals surface area contributed by atoms with Gasteiger partial charge in [-0.15, -0.1) is 11.3 Å². The summed E-state index contributed by atoms with van der Waals surface area (Å²) in [6.07, 6.45) is 1.25. The van der Waals surface area contributed by atoms with Crippen molar-refractivity contribution in [3.63, 3.8) is 0 Å². The number of ether oxygens (including phenoxy) is 1. The summed E-state index contributed by atoms with van der Waals surface area (Å²) in [4.78, 5) is 38.4. The van der Waals surface area contributed by atoms with Crippen LogP contribution in [-0.2, 0) is 9.53 Å². The minimum Gasteiger partial charge on any atom is -0.454 e. The first-order valence-corrected chi connectivity index (χ1v) is 9.02. The van der Waals surface area contributed by atoms with Gasteiger partial charge in [-0.1, -0.05) is 12.1 Å². The van der Waals surface area contributed by atoms with Crippen LogP contribution in [0.5, 0.6) is 0 Å². The van der Waals surface area contributed by atoms with Crippen molar-refractivity contribution < 1.29 is 19.1 Å². The van der Waals surface area contributed by atoms with Gasteiger partial charge < -0.3 is 9.64 Å². The Morgan fingerprint density at radius 3 is 2.67 bits per heavy atom. The normalized spacial score (nSPS) is 14.0. The molecule has 0 unspecified atom stereocenters. The zero-order valence-corrected chi connectivity index (χ0v) is 15.1. The van der Waals surface area contributed by atoms with Crippen molar-refractivity contribution in [1.82, 2.24) is 0 Å². The number of carbonyl (C=O) groups is 3. The van der Waals surface area contributed by atoms with E-state index >= 15 is 0 Å². The van der Waals surface area contributed by atoms with Gasteiger partial charge in [-0.2, -0.15) is 0 Å². The third-order valence-electron chi connectivity index (χ3n) is 3.67. The summed E-state index contributed by atoms with van der Waals surface area (Å²) in [7, 11) is 0. The van der Waals surface area contributed by atoms with Crippen molar-refractivity contribution in [2.45, 2.75) is 12.8 Å². The van der Waals surface area contributed by atoms with E-state index in [-0.39, 0.29) is 18.3 Å². The van der Waals surface area contributed by atoms with Crippen LogP contribution < -0.4 is 4.90 Å². The third-order valence-corrected chi connectivity index (χ3v) is 5.34. The number of thiophene rings is 1. The Hall–Kier alpha value is -1.99. The number of halogens is 1. The van der Waals surface area contributed by atoms with Gasteiger partial charge in [0.05, 0.1) is 19.9 Å². The molecule has 124 valence electrons. The summed E-state index contributed by atoms with van der Waals surface area (Å²) >= 11 is 4.58. The molecule has 1 saturated heterocycles. The number of hydrogen-bond donors (Lipinski definition) is 0. The minimum absolute atomic E-state index is 0.00485. The molecule has 2 heterocycles. The Morgan fingerprint density at radius 2 is 2.00 bits per heavy atom. The Labute approximate surface area is 151 Å². The molecule has 0 saturated carbocycles. The van der Waals surface area contributed by atoms with Crippen molar-refractivity contribution in [3.8, 4) is 0 Å². The second kappa shape index (κ2) is 7.27. The van der Waals surface area contributed by atoms with Gasteiger partial charge in [0.15, 0.2) is 6.61 Å². The van der Waals surface area contributed by atoms with E-state index in [2.05, 4.69) is 15.9 Å². The van der Waals surface area contributed by atoms with Crippen LogP contribution in [0.2, 0.25) is 0 Å². The monoisotopic (exact) mass is 407 g/mol. The van der Waals surface area contributed by atoms with Gasteiger partial charge in [-0.25, -0.2) is 4.79 Å². The quantitative estimate of drug-likeness (QED) is 0.560. The number of ketones is 1. The molecule has 0 bridgehead atoms. The van der Waals surface area contributed by atoms with Crippen LogP contribution in [0, 0.1) is 0 Å². The molecule has 7 heteroatoms. The van der Waals surface area contributed by atoms with Crippen molar-refractivity contribution >= 4 is 50.6 Å². The van der Waals surface area contributed by atoms with Gasteiger partial charge in [-0.3, -0.25) is 9.59 Å². The SMILES string of the molecule is O=C(COC(=O)c1ccccc1N1CCCC1=O)c1ccc(Br)s1. The highest BCUT2D eigenvalue weighted by atomic mass is 79.9. The maximum absolute atomic E-state index is 12.4. The number of para-hydroxylation sites is 1. The van der Waals surface area contributed by atoms with Crippen molar-refractivity contribution in [2.24, 2.45) is 0 Å². The molecule has 0 atom stereocenters. The average Bonchev–Trinajstić information content (AvgIpc) is 3.20. The van der Waals surface area contributed by atoms with Gasteiger partial charge in [0.1, 0.15) is 0 Å². The highest BCUT2D eigenvalue weighted by Crippen LogP contribution is 2.26. The maximum atomic E-state index is 12.4. The molecule has 1 aliphatic rings. The van der Waals surface area contributed by atoms with E-state index in [1.165, 1.54) is 11.3 Å². The van der Waals surface area contributed by atoms with Crippen molar-refractivity contribution in [3.05, 3.63) is 50.6 Å². The molecular formula is C17H14BrNO4S. The summed E-state index contributed by atoms with van der Waals surface area (Å²) in [5, 5.41) is 0. The smallest absolute Gasteiger partial charge is 0.340 e. The molecule has 0 aliphatic carbocycles. The highest BCUT2D eigenvalue weighted by molar-refractivity contribution is 9.11. The van der Waals surface area contributed by atoms with E-state index in [0.717, 1.165) is 10.2 Å². The van der Waals surface area contributed by atoms with Gasteiger partial charge in [0.25, 0.3) is 0 Å². The molecule has 1 aromatic carbocycles. The standard InChI is InChI=1S/C17H14BrNO4S/c18-15-8-7-14(24-15)13(20)10-23-17(22)11-4-1-2-5-12(11)19-9-3-6-16(19)21/h1-2,4-5,7-8H,3,6,9-10H2. The van der Waals surface area contributed by atoms with E-state index in [9.17, 15) is 14.4 Å². The fourth-order valence-corrected chi connectivity index (χ4v) is 3.84. The fraction of sp³-hybridized carbons (Fsp3) is 0.235. The molecular weight excluding hydrogens is 394 g/mol. The van der Waals surface area contributed by atoms with E-state index in [1.807, 2.05) is 0 Å². The summed E-state index contributed by atoms with van der Waals surface area (Å²) < 4.78 is 6.00. The number of esters is 1. The number of nitrogens with zero attached hydrogens (tertiary/aromatic N) is 1. The lowest BCUT2D eigenvalue weighted by molar-refractivity contribution is -0.117. The lowest BCUT2D eigenvalue weighted by atomic mass is 10.1. The molecule has 0 N–H and O–H groups in total. The number of amides is 1. The van der Waals surface area contributed by atoms with Crippen LogP contribution in [0.1, 0.15) is 32.9 Å². The lowest BCUT2D eigenvalue weighted by Gasteiger charge is -2.18. The van der Waals surface area contributed by atoms with Crippen molar-refractivity contribution in [2.75, 3.05) is 18.1 Å². The predicted molar refractivity (Wildman–Crippen MR) is 94.7 cm³/mol. The Kier molecular flexibility index (Phi) is 5.11.